The van der Waals surface area contributed by atoms with E-state index in [1.54, 1.807) is 24.3 Å². The van der Waals surface area contributed by atoms with Gasteiger partial charge < -0.3 is 21.1 Å². The molecule has 1 aliphatic rings. The maximum absolute atomic E-state index is 12.5. The number of amides is 2. The van der Waals surface area contributed by atoms with Gasteiger partial charge in [-0.05, 0) is 25.5 Å². The summed E-state index contributed by atoms with van der Waals surface area (Å²) < 4.78 is 0. The van der Waals surface area contributed by atoms with Crippen molar-refractivity contribution in [3.63, 3.8) is 0 Å². The van der Waals surface area contributed by atoms with Crippen molar-refractivity contribution in [1.29, 1.82) is 0 Å². The van der Waals surface area contributed by atoms with Crippen LogP contribution in [0.1, 0.15) is 18.4 Å². The number of nitrogens with one attached hydrogen (secondary N) is 1. The van der Waals surface area contributed by atoms with E-state index in [1.165, 1.54) is 4.90 Å². The van der Waals surface area contributed by atoms with Gasteiger partial charge in [-0.25, -0.2) is 0 Å². The van der Waals surface area contributed by atoms with Crippen molar-refractivity contribution in [2.24, 2.45) is 5.73 Å². The van der Waals surface area contributed by atoms with Crippen LogP contribution in [0, 0.1) is 0 Å². The van der Waals surface area contributed by atoms with Gasteiger partial charge in [0.2, 0.25) is 11.8 Å². The molecule has 114 valence electrons. The van der Waals surface area contributed by atoms with Crippen LogP contribution in [-0.4, -0.2) is 47.5 Å². The van der Waals surface area contributed by atoms with Crippen LogP contribution in [0.15, 0.2) is 24.3 Å². The Hall–Kier alpha value is -2.08. The molecule has 0 aromatic heterocycles. The molecule has 0 aliphatic carbocycles. The van der Waals surface area contributed by atoms with E-state index >= 15 is 0 Å². The number of nitrogens with zero attached hydrogens (tertiary/aromatic N) is 1. The second-order valence-corrected chi connectivity index (χ2v) is 5.29. The van der Waals surface area contributed by atoms with E-state index in [1.807, 2.05) is 0 Å². The molecule has 0 bridgehead atoms. The number of primary amides is 1. The van der Waals surface area contributed by atoms with Gasteiger partial charge in [0, 0.05) is 18.2 Å². The molecule has 1 saturated heterocycles. The van der Waals surface area contributed by atoms with Gasteiger partial charge in [0.15, 0.2) is 0 Å². The molecule has 1 aromatic rings. The fraction of sp³-hybridized carbons (Fsp3) is 0.467. The van der Waals surface area contributed by atoms with Gasteiger partial charge in [-0.15, -0.1) is 0 Å². The fourth-order valence-electron chi connectivity index (χ4n) is 2.61. The van der Waals surface area contributed by atoms with Crippen molar-refractivity contribution >= 4 is 11.8 Å². The number of carbonyl (C=O) groups is 2. The lowest BCUT2D eigenvalue weighted by Crippen LogP contribution is -2.51. The van der Waals surface area contributed by atoms with E-state index in [4.69, 9.17) is 5.73 Å². The Kier molecular flexibility index (Phi) is 5.16. The molecule has 2 rings (SSSR count). The summed E-state index contributed by atoms with van der Waals surface area (Å²) in [5, 5.41) is 13.0. The molecule has 21 heavy (non-hydrogen) atoms. The molecular formula is C15H21N3O3. The monoisotopic (exact) mass is 291 g/mol. The van der Waals surface area contributed by atoms with Crippen LogP contribution in [-0.2, 0) is 16.0 Å². The zero-order chi connectivity index (χ0) is 15.2. The smallest absolute Gasteiger partial charge is 0.237 e. The van der Waals surface area contributed by atoms with Crippen molar-refractivity contribution in [2.75, 3.05) is 19.6 Å². The Balaban J connectivity index is 2.10. The average Bonchev–Trinajstić information content (AvgIpc) is 2.48. The molecule has 4 N–H and O–H groups in total. The number of piperidine rings is 1. The van der Waals surface area contributed by atoms with Crippen LogP contribution >= 0.6 is 0 Å². The quantitative estimate of drug-likeness (QED) is 0.711. The molecule has 0 spiro atoms. The lowest BCUT2D eigenvalue weighted by atomic mass is 10.0. The molecule has 1 fully saturated rings. The molecule has 1 unspecified atom stereocenters. The highest BCUT2D eigenvalue weighted by Gasteiger charge is 2.26. The molecule has 6 heteroatoms. The Labute approximate surface area is 123 Å². The zero-order valence-corrected chi connectivity index (χ0v) is 11.9. The van der Waals surface area contributed by atoms with Crippen molar-refractivity contribution in [1.82, 2.24) is 10.2 Å². The summed E-state index contributed by atoms with van der Waals surface area (Å²) in [5.41, 5.74) is 5.81. The number of phenols is 1. The summed E-state index contributed by atoms with van der Waals surface area (Å²) in [7, 11) is 0. The number of rotatable bonds is 5. The first-order chi connectivity index (χ1) is 10.1. The number of phenolic OH excluding ortho intramolecular Hbond substituents is 1. The van der Waals surface area contributed by atoms with Crippen molar-refractivity contribution in [2.45, 2.75) is 25.3 Å². The standard InChI is InChI=1S/C15H21N3O3/c16-14(20)10-18(12-5-3-7-17-9-12)15(21)8-11-4-1-2-6-13(11)19/h1-2,4,6,12,17,19H,3,5,7-10H2,(H2,16,20). The van der Waals surface area contributed by atoms with Gasteiger partial charge in [-0.2, -0.15) is 0 Å². The fourth-order valence-corrected chi connectivity index (χ4v) is 2.61. The van der Waals surface area contributed by atoms with Crippen LogP contribution in [0.4, 0.5) is 0 Å². The van der Waals surface area contributed by atoms with Crippen LogP contribution in [0.25, 0.3) is 0 Å². The highest BCUT2D eigenvalue weighted by atomic mass is 16.3. The summed E-state index contributed by atoms with van der Waals surface area (Å²) in [5.74, 6) is -0.623. The number of hydrogen-bond acceptors (Lipinski definition) is 4. The summed E-state index contributed by atoms with van der Waals surface area (Å²) in [6.45, 7) is 1.51. The van der Waals surface area contributed by atoms with Crippen LogP contribution in [0.2, 0.25) is 0 Å². The van der Waals surface area contributed by atoms with Crippen molar-refractivity contribution < 1.29 is 14.7 Å². The first-order valence-corrected chi connectivity index (χ1v) is 7.13. The molecule has 0 radical (unpaired) electrons. The van der Waals surface area contributed by atoms with Crippen molar-refractivity contribution in [3.8, 4) is 5.75 Å². The molecule has 1 aromatic carbocycles. The summed E-state index contributed by atoms with van der Waals surface area (Å²) >= 11 is 0. The third-order valence-corrected chi connectivity index (χ3v) is 3.69. The third kappa shape index (κ3) is 4.19. The number of carbonyl (C=O) groups excluding carboxylic acids is 2. The van der Waals surface area contributed by atoms with E-state index < -0.39 is 5.91 Å². The zero-order valence-electron chi connectivity index (χ0n) is 11.9. The normalized spacial score (nSPS) is 18.2. The molecule has 2 amide bonds. The molecule has 1 heterocycles. The maximum Gasteiger partial charge on any atom is 0.237 e. The Morgan fingerprint density at radius 1 is 1.38 bits per heavy atom. The number of benzene rings is 1. The number of hydrogen-bond donors (Lipinski definition) is 3. The largest absolute Gasteiger partial charge is 0.508 e. The number of para-hydroxylation sites is 1. The average molecular weight is 291 g/mol. The first kappa shape index (κ1) is 15.3. The number of nitrogens with two attached hydrogens (primary N) is 1. The van der Waals surface area contributed by atoms with E-state index in [-0.39, 0.29) is 30.7 Å². The Bertz CT molecular complexity index is 513. The Morgan fingerprint density at radius 2 is 2.14 bits per heavy atom. The van der Waals surface area contributed by atoms with Gasteiger partial charge in [-0.1, -0.05) is 18.2 Å². The van der Waals surface area contributed by atoms with Crippen LogP contribution < -0.4 is 11.1 Å². The molecule has 1 aliphatic heterocycles. The third-order valence-electron chi connectivity index (χ3n) is 3.69. The van der Waals surface area contributed by atoms with Crippen LogP contribution in [0.5, 0.6) is 5.75 Å². The van der Waals surface area contributed by atoms with E-state index in [9.17, 15) is 14.7 Å². The predicted octanol–water partition coefficient (Wildman–Crippen LogP) is 0.000600. The van der Waals surface area contributed by atoms with E-state index in [0.29, 0.717) is 12.1 Å². The van der Waals surface area contributed by atoms with E-state index in [2.05, 4.69) is 5.32 Å². The summed E-state index contributed by atoms with van der Waals surface area (Å²) in [6.07, 6.45) is 1.88. The second kappa shape index (κ2) is 7.08. The highest BCUT2D eigenvalue weighted by molar-refractivity contribution is 5.85. The second-order valence-electron chi connectivity index (χ2n) is 5.29. The Morgan fingerprint density at radius 3 is 2.76 bits per heavy atom. The molecule has 0 saturated carbocycles. The molecule has 1 atom stereocenters. The highest BCUT2D eigenvalue weighted by Crippen LogP contribution is 2.18. The lowest BCUT2D eigenvalue weighted by Gasteiger charge is -2.34. The minimum absolute atomic E-state index is 0.0235. The summed E-state index contributed by atoms with van der Waals surface area (Å²) in [6, 6.07) is 6.70. The molecular weight excluding hydrogens is 270 g/mol. The topological polar surface area (TPSA) is 95.7 Å². The van der Waals surface area contributed by atoms with Gasteiger partial charge in [0.05, 0.1) is 13.0 Å². The van der Waals surface area contributed by atoms with Gasteiger partial charge in [-0.3, -0.25) is 9.59 Å². The molecule has 6 nitrogen and oxygen atoms in total. The predicted molar refractivity (Wildman–Crippen MR) is 78.6 cm³/mol. The maximum atomic E-state index is 12.5. The van der Waals surface area contributed by atoms with Crippen molar-refractivity contribution in [3.05, 3.63) is 29.8 Å². The van der Waals surface area contributed by atoms with Gasteiger partial charge in [0.25, 0.3) is 0 Å². The minimum atomic E-state index is -0.522. The van der Waals surface area contributed by atoms with E-state index in [0.717, 1.165) is 19.4 Å². The SMILES string of the molecule is NC(=O)CN(C(=O)Cc1ccccc1O)C1CCCNC1. The lowest BCUT2D eigenvalue weighted by molar-refractivity contribution is -0.137. The van der Waals surface area contributed by atoms with Gasteiger partial charge in [0.1, 0.15) is 5.75 Å². The number of aromatic hydroxyl groups is 1. The minimum Gasteiger partial charge on any atom is -0.508 e. The van der Waals surface area contributed by atoms with Crippen LogP contribution in [0.3, 0.4) is 0 Å². The summed E-state index contributed by atoms with van der Waals surface area (Å²) in [4.78, 5) is 25.2. The first-order valence-electron chi connectivity index (χ1n) is 7.13. The van der Waals surface area contributed by atoms with Gasteiger partial charge >= 0.3 is 0 Å².